The van der Waals surface area contributed by atoms with E-state index in [-0.39, 0.29) is 59.6 Å². The Morgan fingerprint density at radius 2 is 0.409 bits per heavy atom. The lowest BCUT2D eigenvalue weighted by atomic mass is 9.76. The highest BCUT2D eigenvalue weighted by atomic mass is 16.2. The summed E-state index contributed by atoms with van der Waals surface area (Å²) < 4.78 is 0. The summed E-state index contributed by atoms with van der Waals surface area (Å²) in [5.41, 5.74) is 4.27. The maximum absolute atomic E-state index is 16.0. The molecule has 4 aliphatic heterocycles. The van der Waals surface area contributed by atoms with E-state index in [4.69, 9.17) is 0 Å². The van der Waals surface area contributed by atoms with Crippen molar-refractivity contribution in [3.8, 4) is 11.1 Å². The topological polar surface area (TPSA) is 150 Å². The molecule has 0 spiro atoms. The molecule has 4 aliphatic rings. The number of hydrogen-bond acceptors (Lipinski definition) is 8. The minimum atomic E-state index is -0.418. The van der Waals surface area contributed by atoms with Crippen LogP contribution in [0.4, 0.5) is 0 Å². The fourth-order valence-corrected chi connectivity index (χ4v) is 16.8. The molecule has 12 nitrogen and oxygen atoms in total. The van der Waals surface area contributed by atoms with Crippen molar-refractivity contribution in [2.45, 2.75) is 182 Å². The van der Waals surface area contributed by atoms with Crippen molar-refractivity contribution in [3.63, 3.8) is 0 Å². The SMILES string of the molecule is CCCC(CCC)N1C(=O)c2ccc3c4ccc5c6c(cc(-c7cc8c9c(ccc%10c%11ccc%12c%13c(ccc(c7c9%10)c%13%11)C(=O)N(C(CCC)CCC)C%12=O)C(=O)N(C(CCC)CCC)C8=O)c(c7ccc(c2c37)C1=O)c64)C(=O)N(C(CCC)CCC)C5=O. The van der Waals surface area contributed by atoms with E-state index in [1.807, 2.05) is 84.9 Å². The van der Waals surface area contributed by atoms with Gasteiger partial charge in [-0.25, -0.2) is 0 Å². The van der Waals surface area contributed by atoms with Crippen LogP contribution in [0, 0.1) is 0 Å². The van der Waals surface area contributed by atoms with Crippen molar-refractivity contribution in [1.29, 1.82) is 0 Å². The van der Waals surface area contributed by atoms with Crippen LogP contribution in [0.2, 0.25) is 0 Å². The molecule has 0 N–H and O–H groups in total. The number of rotatable bonds is 21. The van der Waals surface area contributed by atoms with Gasteiger partial charge in [0.25, 0.3) is 47.3 Å². The zero-order valence-corrected chi connectivity index (χ0v) is 51.8. The van der Waals surface area contributed by atoms with Crippen LogP contribution in [-0.2, 0) is 0 Å². The average Bonchev–Trinajstić information content (AvgIpc) is 0.805. The van der Waals surface area contributed by atoms with Crippen molar-refractivity contribution < 1.29 is 38.4 Å². The van der Waals surface area contributed by atoms with Gasteiger partial charge in [0, 0.05) is 90.2 Å². The highest BCUT2D eigenvalue weighted by molar-refractivity contribution is 6.47. The molecule has 0 aliphatic carbocycles. The molecular weight excluding hydrogens is 1100 g/mol. The highest BCUT2D eigenvalue weighted by Crippen LogP contribution is 2.55. The van der Waals surface area contributed by atoms with Gasteiger partial charge in [-0.15, -0.1) is 0 Å². The van der Waals surface area contributed by atoms with Crippen molar-refractivity contribution in [1.82, 2.24) is 19.6 Å². The van der Waals surface area contributed by atoms with Gasteiger partial charge in [0.15, 0.2) is 0 Å². The van der Waals surface area contributed by atoms with Gasteiger partial charge < -0.3 is 0 Å². The lowest BCUT2D eigenvalue weighted by molar-refractivity contribution is 0.0505. The van der Waals surface area contributed by atoms with E-state index in [0.29, 0.717) is 172 Å². The summed E-state index contributed by atoms with van der Waals surface area (Å²) in [6, 6.07) is 25.2. The number of imide groups is 4. The number of nitrogens with zero attached hydrogens (tertiary/aromatic N) is 4. The van der Waals surface area contributed by atoms with E-state index in [9.17, 15) is 0 Å². The molecule has 0 atom stereocenters. The molecule has 0 bridgehead atoms. The van der Waals surface area contributed by atoms with Gasteiger partial charge in [-0.2, -0.15) is 0 Å². The Morgan fingerprint density at radius 1 is 0.216 bits per heavy atom. The van der Waals surface area contributed by atoms with Gasteiger partial charge in [-0.1, -0.05) is 143 Å². The molecule has 12 heteroatoms. The molecule has 4 heterocycles. The van der Waals surface area contributed by atoms with Crippen LogP contribution in [0.15, 0.2) is 84.9 Å². The standard InChI is InChI=1S/C76H74N4O8/c1-9-17-39(18-10-2)77-69(81)49-31-25-43-45-27-33-53-65-57(75(87)79(73(53)85)41(21-13-5)22-14-6)37-55(61(67(45)65)47-29-35-51(71(77)83)63(49)59(43)47)56-38-58-66-54(74(86)80(76(58)88)42(23-15-7)24-16-8)34-28-46-44-26-32-50-64-52(36-30-48(60(44)64)62(56)68(46)66)72(84)78(70(50)82)40(19-11-3)20-12-4/h25-42H,9-24H2,1-8H3. The molecule has 0 saturated heterocycles. The second-order valence-electron chi connectivity index (χ2n) is 25.5. The first-order valence-electron chi connectivity index (χ1n) is 32.7. The number of carbonyl (C=O) groups excluding carboxylic acids is 8. The summed E-state index contributed by atoms with van der Waals surface area (Å²) in [6.07, 6.45) is 11.3. The first kappa shape index (κ1) is 57.1. The highest BCUT2D eigenvalue weighted by Gasteiger charge is 2.45. The van der Waals surface area contributed by atoms with Crippen LogP contribution in [0.3, 0.4) is 0 Å². The Kier molecular flexibility index (Phi) is 14.0. The van der Waals surface area contributed by atoms with Gasteiger partial charge in [0.1, 0.15) is 0 Å². The second kappa shape index (κ2) is 21.6. The predicted molar refractivity (Wildman–Crippen MR) is 351 cm³/mol. The molecular formula is C76H74N4O8. The molecule has 88 heavy (non-hydrogen) atoms. The third-order valence-electron chi connectivity index (χ3n) is 20.3. The van der Waals surface area contributed by atoms with E-state index in [0.717, 1.165) is 72.9 Å². The normalized spacial score (nSPS) is 15.4. The van der Waals surface area contributed by atoms with Crippen LogP contribution < -0.4 is 0 Å². The maximum Gasteiger partial charge on any atom is 0.261 e. The summed E-state index contributed by atoms with van der Waals surface area (Å²) >= 11 is 0. The van der Waals surface area contributed by atoms with Crippen LogP contribution in [-0.4, -0.2) is 91.0 Å². The fraction of sp³-hybridized carbons (Fsp3) is 0.368. The predicted octanol–water partition coefficient (Wildman–Crippen LogP) is 17.7. The fourth-order valence-electron chi connectivity index (χ4n) is 16.8. The van der Waals surface area contributed by atoms with Crippen molar-refractivity contribution in [3.05, 3.63) is 129 Å². The third kappa shape index (κ3) is 7.74. The third-order valence-corrected chi connectivity index (χ3v) is 20.3. The van der Waals surface area contributed by atoms with Crippen LogP contribution in [0.5, 0.6) is 0 Å². The van der Waals surface area contributed by atoms with Gasteiger partial charge in [-0.05, 0) is 176 Å². The molecule has 10 aromatic carbocycles. The second-order valence-corrected chi connectivity index (χ2v) is 25.5. The monoisotopic (exact) mass is 1170 g/mol. The molecule has 14 rings (SSSR count). The Bertz CT molecular complexity index is 4380. The van der Waals surface area contributed by atoms with Crippen molar-refractivity contribution in [2.24, 2.45) is 0 Å². The molecule has 446 valence electrons. The summed E-state index contributed by atoms with van der Waals surface area (Å²) in [5.74, 6) is -2.94. The minimum absolute atomic E-state index is 0.285. The first-order chi connectivity index (χ1) is 42.7. The van der Waals surface area contributed by atoms with Gasteiger partial charge >= 0.3 is 0 Å². The summed E-state index contributed by atoms with van der Waals surface area (Å²) in [4.78, 5) is 129. The van der Waals surface area contributed by atoms with E-state index >= 15 is 38.4 Å². The smallest absolute Gasteiger partial charge is 0.261 e. The lowest BCUT2D eigenvalue weighted by Gasteiger charge is -2.36. The molecule has 0 aromatic heterocycles. The largest absolute Gasteiger partial charge is 0.271 e. The first-order valence-corrected chi connectivity index (χ1v) is 32.7. The van der Waals surface area contributed by atoms with Crippen LogP contribution in [0.1, 0.15) is 241 Å². The lowest BCUT2D eigenvalue weighted by Crippen LogP contribution is -2.47. The minimum Gasteiger partial charge on any atom is -0.271 e. The number of amides is 8. The molecule has 0 unspecified atom stereocenters. The number of carbonyl (C=O) groups is 8. The van der Waals surface area contributed by atoms with Crippen molar-refractivity contribution >= 4 is 133 Å². The summed E-state index contributed by atoms with van der Waals surface area (Å²) in [5, 5.41) is 10.5. The average molecular weight is 1170 g/mol. The van der Waals surface area contributed by atoms with E-state index in [2.05, 4.69) is 55.4 Å². The number of benzene rings is 10. The molecule has 0 fully saturated rings. The van der Waals surface area contributed by atoms with Crippen molar-refractivity contribution in [2.75, 3.05) is 0 Å². The quantitative estimate of drug-likeness (QED) is 0.0392. The molecule has 8 amide bonds. The molecule has 0 radical (unpaired) electrons. The van der Waals surface area contributed by atoms with Gasteiger partial charge in [0.2, 0.25) is 0 Å². The Balaban J connectivity index is 1.17. The zero-order valence-electron chi connectivity index (χ0n) is 51.8. The van der Waals surface area contributed by atoms with E-state index in [1.54, 1.807) is 0 Å². The molecule has 10 aromatic rings. The number of hydrogen-bond donors (Lipinski definition) is 0. The molecule has 0 saturated carbocycles. The van der Waals surface area contributed by atoms with Crippen LogP contribution in [0.25, 0.3) is 97.3 Å². The van der Waals surface area contributed by atoms with Gasteiger partial charge in [-0.3, -0.25) is 58.0 Å². The zero-order chi connectivity index (χ0) is 61.5. The summed E-state index contributed by atoms with van der Waals surface area (Å²) in [6.45, 7) is 16.5. The maximum atomic E-state index is 16.0. The summed E-state index contributed by atoms with van der Waals surface area (Å²) in [7, 11) is 0. The number of fused-ring (bicyclic) bond motifs is 4. The Morgan fingerprint density at radius 3 is 0.636 bits per heavy atom. The van der Waals surface area contributed by atoms with Gasteiger partial charge in [0.05, 0.1) is 0 Å². The van der Waals surface area contributed by atoms with E-state index < -0.39 is 11.8 Å². The van der Waals surface area contributed by atoms with E-state index in [1.165, 1.54) is 19.6 Å². The van der Waals surface area contributed by atoms with Crippen LogP contribution >= 0.6 is 0 Å². The Hall–Kier alpha value is -8.64. The Labute approximate surface area is 511 Å².